The Labute approximate surface area is 109 Å². The summed E-state index contributed by atoms with van der Waals surface area (Å²) in [5.74, 6) is 0. The second kappa shape index (κ2) is 5.49. The van der Waals surface area contributed by atoms with E-state index in [2.05, 4.69) is 39.0 Å². The van der Waals surface area contributed by atoms with Gasteiger partial charge in [-0.2, -0.15) is 0 Å². The highest BCUT2D eigenvalue weighted by Gasteiger charge is 2.07. The molecule has 2 nitrogen and oxygen atoms in total. The molecule has 0 unspecified atom stereocenters. The van der Waals surface area contributed by atoms with Crippen LogP contribution in [0.5, 0.6) is 0 Å². The van der Waals surface area contributed by atoms with E-state index in [0.29, 0.717) is 0 Å². The molecule has 2 heteroatoms. The standard InChI is InChI=1S/C16H22N2/c1-11-7-8-15-14(6-4-5-9-17)10-12(2)18-16(15)13(11)3/h7-8,10H,4-6,9,17H2,1-3H3. The van der Waals surface area contributed by atoms with Crippen LogP contribution in [0.4, 0.5) is 0 Å². The van der Waals surface area contributed by atoms with Crippen molar-refractivity contribution in [2.24, 2.45) is 5.73 Å². The first-order valence-corrected chi connectivity index (χ1v) is 6.70. The van der Waals surface area contributed by atoms with Crippen molar-refractivity contribution >= 4 is 10.9 Å². The van der Waals surface area contributed by atoms with E-state index in [9.17, 15) is 0 Å². The molecule has 0 bridgehead atoms. The molecule has 0 radical (unpaired) electrons. The molecule has 0 aliphatic heterocycles. The largest absolute Gasteiger partial charge is 0.330 e. The minimum atomic E-state index is 0.778. The summed E-state index contributed by atoms with van der Waals surface area (Å²) in [5.41, 5.74) is 11.9. The molecule has 18 heavy (non-hydrogen) atoms. The zero-order valence-electron chi connectivity index (χ0n) is 11.6. The second-order valence-electron chi connectivity index (χ2n) is 5.07. The van der Waals surface area contributed by atoms with Gasteiger partial charge in [0.1, 0.15) is 0 Å². The van der Waals surface area contributed by atoms with Crippen LogP contribution in [0.2, 0.25) is 0 Å². The molecule has 0 spiro atoms. The summed E-state index contributed by atoms with van der Waals surface area (Å²) in [6.07, 6.45) is 3.34. The van der Waals surface area contributed by atoms with Crippen molar-refractivity contribution in [1.29, 1.82) is 0 Å². The van der Waals surface area contributed by atoms with Crippen LogP contribution in [-0.2, 0) is 6.42 Å². The Hall–Kier alpha value is -1.41. The van der Waals surface area contributed by atoms with Crippen LogP contribution < -0.4 is 5.73 Å². The number of benzene rings is 1. The van der Waals surface area contributed by atoms with Crippen LogP contribution in [0.3, 0.4) is 0 Å². The number of hydrogen-bond donors (Lipinski definition) is 1. The Bertz CT molecular complexity index is 559. The molecule has 1 aromatic heterocycles. The van der Waals surface area contributed by atoms with Gasteiger partial charge in [0, 0.05) is 11.1 Å². The van der Waals surface area contributed by atoms with E-state index in [1.54, 1.807) is 0 Å². The molecule has 0 saturated carbocycles. The van der Waals surface area contributed by atoms with Gasteiger partial charge in [-0.1, -0.05) is 12.1 Å². The van der Waals surface area contributed by atoms with E-state index in [4.69, 9.17) is 10.7 Å². The molecular weight excluding hydrogens is 220 g/mol. The number of unbranched alkanes of at least 4 members (excludes halogenated alkanes) is 1. The van der Waals surface area contributed by atoms with Gasteiger partial charge in [-0.05, 0) is 69.3 Å². The number of aromatic nitrogens is 1. The summed E-state index contributed by atoms with van der Waals surface area (Å²) in [6.45, 7) is 7.16. The molecule has 0 aliphatic carbocycles. The fourth-order valence-corrected chi connectivity index (χ4v) is 2.41. The Balaban J connectivity index is 2.49. The smallest absolute Gasteiger partial charge is 0.0739 e. The number of pyridine rings is 1. The van der Waals surface area contributed by atoms with Crippen LogP contribution in [0, 0.1) is 20.8 Å². The first kappa shape index (κ1) is 13.0. The number of aryl methyl sites for hydroxylation is 4. The van der Waals surface area contributed by atoms with E-state index in [-0.39, 0.29) is 0 Å². The lowest BCUT2D eigenvalue weighted by Gasteiger charge is -2.11. The summed E-state index contributed by atoms with van der Waals surface area (Å²) in [6, 6.07) is 6.62. The number of fused-ring (bicyclic) bond motifs is 1. The summed E-state index contributed by atoms with van der Waals surface area (Å²) >= 11 is 0. The Kier molecular flexibility index (Phi) is 3.97. The highest BCUT2D eigenvalue weighted by Crippen LogP contribution is 2.24. The van der Waals surface area contributed by atoms with E-state index in [0.717, 1.165) is 37.0 Å². The molecule has 2 rings (SSSR count). The van der Waals surface area contributed by atoms with Gasteiger partial charge < -0.3 is 5.73 Å². The van der Waals surface area contributed by atoms with Gasteiger partial charge in [-0.25, -0.2) is 0 Å². The number of rotatable bonds is 4. The normalized spacial score (nSPS) is 11.1. The Morgan fingerprint density at radius 2 is 1.89 bits per heavy atom. The quantitative estimate of drug-likeness (QED) is 0.834. The molecule has 0 amide bonds. The van der Waals surface area contributed by atoms with Gasteiger partial charge in [0.15, 0.2) is 0 Å². The minimum Gasteiger partial charge on any atom is -0.330 e. The summed E-state index contributed by atoms with van der Waals surface area (Å²) in [4.78, 5) is 4.70. The zero-order chi connectivity index (χ0) is 13.1. The van der Waals surface area contributed by atoms with Gasteiger partial charge in [-0.3, -0.25) is 4.98 Å². The van der Waals surface area contributed by atoms with E-state index in [1.807, 2.05) is 0 Å². The van der Waals surface area contributed by atoms with Gasteiger partial charge in [0.05, 0.1) is 5.52 Å². The molecule has 1 heterocycles. The highest BCUT2D eigenvalue weighted by molar-refractivity contribution is 5.86. The van der Waals surface area contributed by atoms with Crippen LogP contribution in [0.15, 0.2) is 18.2 Å². The molecule has 96 valence electrons. The predicted molar refractivity (Wildman–Crippen MR) is 77.9 cm³/mol. The monoisotopic (exact) mass is 242 g/mol. The van der Waals surface area contributed by atoms with Crippen molar-refractivity contribution in [3.05, 3.63) is 40.6 Å². The first-order chi connectivity index (χ1) is 8.63. The lowest BCUT2D eigenvalue weighted by atomic mass is 9.98. The topological polar surface area (TPSA) is 38.9 Å². The zero-order valence-corrected chi connectivity index (χ0v) is 11.6. The third-order valence-electron chi connectivity index (χ3n) is 3.62. The predicted octanol–water partition coefficient (Wildman–Crippen LogP) is 3.44. The van der Waals surface area contributed by atoms with Crippen molar-refractivity contribution < 1.29 is 0 Å². The SMILES string of the molecule is Cc1cc(CCCCN)c2ccc(C)c(C)c2n1. The average molecular weight is 242 g/mol. The Morgan fingerprint density at radius 1 is 1.11 bits per heavy atom. The molecule has 2 N–H and O–H groups in total. The van der Waals surface area contributed by atoms with Crippen LogP contribution >= 0.6 is 0 Å². The number of hydrogen-bond acceptors (Lipinski definition) is 2. The number of nitrogens with two attached hydrogens (primary N) is 1. The van der Waals surface area contributed by atoms with Crippen LogP contribution in [0.1, 0.15) is 35.2 Å². The van der Waals surface area contributed by atoms with Crippen LogP contribution in [-0.4, -0.2) is 11.5 Å². The molecule has 1 aromatic carbocycles. The summed E-state index contributed by atoms with van der Waals surface area (Å²) in [5, 5.41) is 1.31. The van der Waals surface area contributed by atoms with Crippen molar-refractivity contribution in [1.82, 2.24) is 4.98 Å². The molecule has 2 aromatic rings. The third-order valence-corrected chi connectivity index (χ3v) is 3.62. The Morgan fingerprint density at radius 3 is 2.61 bits per heavy atom. The molecule has 0 atom stereocenters. The van der Waals surface area contributed by atoms with E-state index < -0.39 is 0 Å². The van der Waals surface area contributed by atoms with Gasteiger partial charge >= 0.3 is 0 Å². The second-order valence-corrected chi connectivity index (χ2v) is 5.07. The first-order valence-electron chi connectivity index (χ1n) is 6.70. The van der Waals surface area contributed by atoms with Crippen molar-refractivity contribution in [3.63, 3.8) is 0 Å². The van der Waals surface area contributed by atoms with Crippen molar-refractivity contribution in [3.8, 4) is 0 Å². The van der Waals surface area contributed by atoms with Crippen molar-refractivity contribution in [2.75, 3.05) is 6.54 Å². The minimum absolute atomic E-state index is 0.778. The average Bonchev–Trinajstić information content (AvgIpc) is 2.34. The maximum Gasteiger partial charge on any atom is 0.0739 e. The fraction of sp³-hybridized carbons (Fsp3) is 0.438. The lowest BCUT2D eigenvalue weighted by Crippen LogP contribution is -2.00. The molecule has 0 fully saturated rings. The fourth-order valence-electron chi connectivity index (χ4n) is 2.41. The van der Waals surface area contributed by atoms with E-state index >= 15 is 0 Å². The summed E-state index contributed by atoms with van der Waals surface area (Å²) < 4.78 is 0. The maximum atomic E-state index is 5.57. The number of nitrogens with zero attached hydrogens (tertiary/aromatic N) is 1. The third kappa shape index (κ3) is 2.54. The van der Waals surface area contributed by atoms with Crippen LogP contribution in [0.25, 0.3) is 10.9 Å². The summed E-state index contributed by atoms with van der Waals surface area (Å²) in [7, 11) is 0. The van der Waals surface area contributed by atoms with Gasteiger partial charge in [-0.15, -0.1) is 0 Å². The lowest BCUT2D eigenvalue weighted by molar-refractivity contribution is 0.746. The molecule has 0 aliphatic rings. The maximum absolute atomic E-state index is 5.57. The van der Waals surface area contributed by atoms with Gasteiger partial charge in [0.25, 0.3) is 0 Å². The van der Waals surface area contributed by atoms with Crippen molar-refractivity contribution in [2.45, 2.75) is 40.0 Å². The molecular formula is C16H22N2. The van der Waals surface area contributed by atoms with Gasteiger partial charge in [0.2, 0.25) is 0 Å². The highest BCUT2D eigenvalue weighted by atomic mass is 14.7. The molecule has 0 saturated heterocycles. The van der Waals surface area contributed by atoms with E-state index in [1.165, 1.54) is 22.1 Å².